The molecular weight excluding hydrogens is 337 g/mol. The zero-order valence-electron chi connectivity index (χ0n) is 14.4. The van der Waals surface area contributed by atoms with E-state index in [1.54, 1.807) is 13.8 Å². The van der Waals surface area contributed by atoms with Crippen LogP contribution in [0.4, 0.5) is 10.1 Å². The Morgan fingerprint density at radius 3 is 2.08 bits per heavy atom. The van der Waals surface area contributed by atoms with Crippen LogP contribution in [0.5, 0.6) is 5.75 Å². The molecule has 0 heterocycles. The predicted octanol–water partition coefficient (Wildman–Crippen LogP) is 2.73. The zero-order valence-corrected chi connectivity index (χ0v) is 14.4. The van der Waals surface area contributed by atoms with Gasteiger partial charge in [-0.2, -0.15) is 4.39 Å². The van der Waals surface area contributed by atoms with E-state index in [2.05, 4.69) is 0 Å². The minimum Gasteiger partial charge on any atom is -0.491 e. The van der Waals surface area contributed by atoms with Gasteiger partial charge < -0.3 is 14.2 Å². The van der Waals surface area contributed by atoms with Gasteiger partial charge in [-0.15, -0.1) is 0 Å². The lowest BCUT2D eigenvalue weighted by Gasteiger charge is -2.17. The number of nitro groups is 1. The zero-order chi connectivity index (χ0) is 19.1. The Balaban J connectivity index is 3.57. The van der Waals surface area contributed by atoms with Crippen molar-refractivity contribution in [3.63, 3.8) is 0 Å². The van der Waals surface area contributed by atoms with Crippen molar-refractivity contribution in [3.05, 3.63) is 33.6 Å². The summed E-state index contributed by atoms with van der Waals surface area (Å²) in [5, 5.41) is 11.3. The first kappa shape index (κ1) is 20.3. The fraction of sp³-hybridized carbons (Fsp3) is 0.500. The number of nitrogens with zero attached hydrogens (tertiary/aromatic N) is 1. The summed E-state index contributed by atoms with van der Waals surface area (Å²) in [6.07, 6.45) is -0.350. The average Bonchev–Trinajstić information content (AvgIpc) is 2.46. The lowest BCUT2D eigenvalue weighted by Crippen LogP contribution is -2.27. The maximum absolute atomic E-state index is 14.2. The van der Waals surface area contributed by atoms with Crippen LogP contribution in [-0.2, 0) is 19.1 Å². The Hall–Kier alpha value is -2.71. The molecule has 0 aromatic heterocycles. The van der Waals surface area contributed by atoms with Crippen LogP contribution in [0.1, 0.15) is 39.2 Å². The molecule has 138 valence electrons. The van der Waals surface area contributed by atoms with Gasteiger partial charge in [0.15, 0.2) is 5.92 Å². The highest BCUT2D eigenvalue weighted by Gasteiger charge is 2.39. The Morgan fingerprint density at radius 1 is 1.16 bits per heavy atom. The number of carbonyl (C=O) groups is 2. The first-order valence-corrected chi connectivity index (χ1v) is 7.70. The topological polar surface area (TPSA) is 105 Å². The summed E-state index contributed by atoms with van der Waals surface area (Å²) in [4.78, 5) is 34.6. The first-order valence-electron chi connectivity index (χ1n) is 7.70. The van der Waals surface area contributed by atoms with Crippen molar-refractivity contribution in [2.75, 3.05) is 13.2 Å². The summed E-state index contributed by atoms with van der Waals surface area (Å²) in [6.45, 7) is 6.24. The highest BCUT2D eigenvalue weighted by Crippen LogP contribution is 2.35. The summed E-state index contributed by atoms with van der Waals surface area (Å²) in [7, 11) is 0. The third-order valence-electron chi connectivity index (χ3n) is 2.98. The van der Waals surface area contributed by atoms with E-state index in [0.29, 0.717) is 0 Å². The van der Waals surface area contributed by atoms with Gasteiger partial charge in [0.1, 0.15) is 5.75 Å². The molecule has 1 aromatic rings. The standard InChI is InChI=1S/C16H20FNO7/c1-5-23-15(19)13(16(20)24-6-2)11-7-10(25-9(3)4)8-12(17)14(11)18(21)22/h7-9,13H,5-6H2,1-4H3. The summed E-state index contributed by atoms with van der Waals surface area (Å²) < 4.78 is 29.2. The van der Waals surface area contributed by atoms with Gasteiger partial charge in [-0.25, -0.2) is 0 Å². The van der Waals surface area contributed by atoms with Gasteiger partial charge in [-0.3, -0.25) is 19.7 Å². The van der Waals surface area contributed by atoms with E-state index in [-0.39, 0.29) is 25.1 Å². The Kier molecular flexibility index (Phi) is 7.28. The maximum atomic E-state index is 14.2. The molecule has 0 saturated carbocycles. The number of hydrogen-bond acceptors (Lipinski definition) is 7. The highest BCUT2D eigenvalue weighted by atomic mass is 19.1. The van der Waals surface area contributed by atoms with Gasteiger partial charge in [0, 0.05) is 6.07 Å². The molecule has 0 fully saturated rings. The van der Waals surface area contributed by atoms with E-state index in [4.69, 9.17) is 14.2 Å². The lowest BCUT2D eigenvalue weighted by atomic mass is 9.96. The number of hydrogen-bond donors (Lipinski definition) is 0. The smallest absolute Gasteiger partial charge is 0.325 e. The second-order valence-corrected chi connectivity index (χ2v) is 5.20. The second kappa shape index (κ2) is 8.95. The van der Waals surface area contributed by atoms with Crippen LogP contribution in [0, 0.1) is 15.9 Å². The van der Waals surface area contributed by atoms with Gasteiger partial charge in [-0.05, 0) is 33.8 Å². The van der Waals surface area contributed by atoms with Crippen LogP contribution in [0.15, 0.2) is 12.1 Å². The molecule has 0 aliphatic heterocycles. The summed E-state index contributed by atoms with van der Waals surface area (Å²) in [5.41, 5.74) is -1.47. The molecule has 1 aromatic carbocycles. The predicted molar refractivity (Wildman–Crippen MR) is 84.8 cm³/mol. The molecule has 8 nitrogen and oxygen atoms in total. The summed E-state index contributed by atoms with van der Waals surface area (Å²) in [5.74, 6) is -5.19. The van der Waals surface area contributed by atoms with Crippen molar-refractivity contribution in [1.29, 1.82) is 0 Å². The van der Waals surface area contributed by atoms with E-state index in [1.165, 1.54) is 13.8 Å². The first-order chi connectivity index (χ1) is 11.7. The van der Waals surface area contributed by atoms with Crippen LogP contribution in [0.2, 0.25) is 0 Å². The number of carbonyl (C=O) groups excluding carboxylic acids is 2. The fourth-order valence-electron chi connectivity index (χ4n) is 2.15. The number of nitro benzene ring substituents is 1. The van der Waals surface area contributed by atoms with Crippen LogP contribution in [-0.4, -0.2) is 36.2 Å². The quantitative estimate of drug-likeness (QED) is 0.305. The molecule has 0 saturated heterocycles. The van der Waals surface area contributed by atoms with Gasteiger partial charge >= 0.3 is 17.6 Å². The van der Waals surface area contributed by atoms with E-state index >= 15 is 0 Å². The molecule has 1 rings (SSSR count). The van der Waals surface area contributed by atoms with Crippen LogP contribution < -0.4 is 4.74 Å². The van der Waals surface area contributed by atoms with Crippen molar-refractivity contribution in [1.82, 2.24) is 0 Å². The van der Waals surface area contributed by atoms with Crippen molar-refractivity contribution < 1.29 is 33.1 Å². The van der Waals surface area contributed by atoms with E-state index < -0.39 is 39.8 Å². The Labute approximate surface area is 144 Å². The van der Waals surface area contributed by atoms with Crippen molar-refractivity contribution in [2.24, 2.45) is 0 Å². The van der Waals surface area contributed by atoms with Gasteiger partial charge in [0.05, 0.1) is 29.8 Å². The summed E-state index contributed by atoms with van der Waals surface area (Å²) in [6, 6.07) is 1.91. The molecule has 0 aliphatic carbocycles. The van der Waals surface area contributed by atoms with E-state index in [9.17, 15) is 24.1 Å². The number of esters is 2. The van der Waals surface area contributed by atoms with Crippen LogP contribution >= 0.6 is 0 Å². The van der Waals surface area contributed by atoms with Gasteiger partial charge in [0.25, 0.3) is 0 Å². The molecule has 0 spiro atoms. The highest BCUT2D eigenvalue weighted by molar-refractivity contribution is 6.01. The minimum absolute atomic E-state index is 0.0494. The third-order valence-corrected chi connectivity index (χ3v) is 2.98. The molecule has 0 N–H and O–H groups in total. The Morgan fingerprint density at radius 2 is 1.68 bits per heavy atom. The molecule has 9 heteroatoms. The molecule has 0 bridgehead atoms. The second-order valence-electron chi connectivity index (χ2n) is 5.20. The van der Waals surface area contributed by atoms with E-state index in [0.717, 1.165) is 12.1 Å². The molecule has 0 aliphatic rings. The van der Waals surface area contributed by atoms with Crippen molar-refractivity contribution >= 4 is 17.6 Å². The molecular formula is C16H20FNO7. The van der Waals surface area contributed by atoms with Gasteiger partial charge in [0.2, 0.25) is 5.82 Å². The summed E-state index contributed by atoms with van der Waals surface area (Å²) >= 11 is 0. The van der Waals surface area contributed by atoms with Crippen molar-refractivity contribution in [3.8, 4) is 5.75 Å². The van der Waals surface area contributed by atoms with Gasteiger partial charge in [-0.1, -0.05) is 0 Å². The number of rotatable bonds is 8. The third kappa shape index (κ3) is 5.13. The number of ether oxygens (including phenoxy) is 3. The van der Waals surface area contributed by atoms with E-state index in [1.807, 2.05) is 0 Å². The SMILES string of the molecule is CCOC(=O)C(C(=O)OCC)c1cc(OC(C)C)cc(F)c1[N+](=O)[O-]. The van der Waals surface area contributed by atoms with Crippen LogP contribution in [0.25, 0.3) is 0 Å². The minimum atomic E-state index is -1.79. The molecule has 0 unspecified atom stereocenters. The fourth-order valence-corrected chi connectivity index (χ4v) is 2.15. The average molecular weight is 357 g/mol. The molecule has 25 heavy (non-hydrogen) atoms. The van der Waals surface area contributed by atoms with Crippen molar-refractivity contribution in [2.45, 2.75) is 39.7 Å². The largest absolute Gasteiger partial charge is 0.491 e. The number of halogens is 1. The molecule has 0 atom stereocenters. The maximum Gasteiger partial charge on any atom is 0.325 e. The molecule has 0 radical (unpaired) electrons. The van der Waals surface area contributed by atoms with Crippen LogP contribution in [0.3, 0.4) is 0 Å². The lowest BCUT2D eigenvalue weighted by molar-refractivity contribution is -0.388. The molecule has 0 amide bonds. The number of benzene rings is 1. The monoisotopic (exact) mass is 357 g/mol. The normalized spacial score (nSPS) is 10.7. The Bertz CT molecular complexity index is 642.